The number of carboxylic acids is 1. The number of urea groups is 1. The fourth-order valence-corrected chi connectivity index (χ4v) is 2.58. The third-order valence-electron chi connectivity index (χ3n) is 3.58. The van der Waals surface area contributed by atoms with Crippen LogP contribution in [0.15, 0.2) is 24.3 Å². The van der Waals surface area contributed by atoms with E-state index in [0.29, 0.717) is 13.0 Å². The molecule has 2 rings (SSSR count). The molecule has 0 aliphatic carbocycles. The largest absolute Gasteiger partial charge is 0.480 e. The number of nitrogens with one attached hydrogen (secondary N) is 1. The monoisotopic (exact) mass is 276 g/mol. The summed E-state index contributed by atoms with van der Waals surface area (Å²) in [6.07, 6.45) is 3.15. The molecule has 5 heteroatoms. The molecule has 2 N–H and O–H groups in total. The van der Waals surface area contributed by atoms with Crippen LogP contribution in [0.2, 0.25) is 0 Å². The van der Waals surface area contributed by atoms with E-state index in [1.54, 1.807) is 0 Å². The lowest BCUT2D eigenvalue weighted by Gasteiger charge is -2.22. The molecule has 5 nitrogen and oxygen atoms in total. The normalized spacial score (nSPS) is 18.1. The number of carbonyl (C=O) groups is 2. The highest BCUT2D eigenvalue weighted by Crippen LogP contribution is 2.21. The molecule has 1 aliphatic rings. The fraction of sp³-hybridized carbons (Fsp3) is 0.467. The second kappa shape index (κ2) is 6.41. The average molecular weight is 276 g/mol. The molecular formula is C15H20N2O3. The fourth-order valence-electron chi connectivity index (χ4n) is 2.58. The molecule has 0 radical (unpaired) electrons. The number of benzene rings is 1. The Balaban J connectivity index is 2.10. The van der Waals surface area contributed by atoms with Gasteiger partial charge in [-0.15, -0.1) is 0 Å². The number of carboxylic acid groups (broad SMARTS) is 1. The Morgan fingerprint density at radius 1 is 1.40 bits per heavy atom. The Kier molecular flexibility index (Phi) is 4.61. The quantitative estimate of drug-likeness (QED) is 0.888. The minimum Gasteiger partial charge on any atom is -0.480 e. The summed E-state index contributed by atoms with van der Waals surface area (Å²) >= 11 is 0. The first-order chi connectivity index (χ1) is 9.63. The maximum Gasteiger partial charge on any atom is 0.326 e. The van der Waals surface area contributed by atoms with Crippen molar-refractivity contribution < 1.29 is 14.7 Å². The Bertz CT molecular complexity index is 502. The summed E-state index contributed by atoms with van der Waals surface area (Å²) in [6.45, 7) is 2.58. The predicted octanol–water partition coefficient (Wildman–Crippen LogP) is 2.72. The molecule has 2 amide bonds. The summed E-state index contributed by atoms with van der Waals surface area (Å²) in [4.78, 5) is 24.8. The summed E-state index contributed by atoms with van der Waals surface area (Å²) in [6, 6.07) is 6.63. The van der Waals surface area contributed by atoms with Gasteiger partial charge in [-0.05, 0) is 30.9 Å². The number of rotatable bonds is 4. The minimum atomic E-state index is -0.931. The molecule has 108 valence electrons. The number of hydrogen-bond donors (Lipinski definition) is 2. The zero-order valence-corrected chi connectivity index (χ0v) is 11.6. The van der Waals surface area contributed by atoms with Crippen LogP contribution in [0.4, 0.5) is 10.5 Å². The van der Waals surface area contributed by atoms with Gasteiger partial charge in [0.15, 0.2) is 0 Å². The molecule has 1 fully saturated rings. The van der Waals surface area contributed by atoms with Crippen molar-refractivity contribution in [3.63, 3.8) is 0 Å². The highest BCUT2D eigenvalue weighted by Gasteiger charge is 2.34. The summed E-state index contributed by atoms with van der Waals surface area (Å²) in [5.74, 6) is -0.931. The van der Waals surface area contributed by atoms with Crippen molar-refractivity contribution in [2.75, 3.05) is 11.9 Å². The van der Waals surface area contributed by atoms with E-state index < -0.39 is 12.0 Å². The van der Waals surface area contributed by atoms with E-state index in [2.05, 4.69) is 12.2 Å². The number of amides is 2. The van der Waals surface area contributed by atoms with Crippen molar-refractivity contribution in [1.29, 1.82) is 0 Å². The molecular weight excluding hydrogens is 256 g/mol. The number of carbonyl (C=O) groups excluding carboxylic acids is 1. The maximum absolute atomic E-state index is 12.2. The molecule has 1 aromatic carbocycles. The predicted molar refractivity (Wildman–Crippen MR) is 76.8 cm³/mol. The SMILES string of the molecule is CCCc1ccccc1NC(=O)N1CCCC1C(=O)O. The maximum atomic E-state index is 12.2. The molecule has 0 bridgehead atoms. The van der Waals surface area contributed by atoms with Gasteiger partial charge < -0.3 is 15.3 Å². The number of hydrogen-bond acceptors (Lipinski definition) is 2. The molecule has 0 saturated carbocycles. The van der Waals surface area contributed by atoms with Gasteiger partial charge in [-0.2, -0.15) is 0 Å². The van der Waals surface area contributed by atoms with Crippen LogP contribution in [0.3, 0.4) is 0 Å². The second-order valence-corrected chi connectivity index (χ2v) is 5.03. The third-order valence-corrected chi connectivity index (χ3v) is 3.58. The van der Waals surface area contributed by atoms with E-state index in [-0.39, 0.29) is 6.03 Å². The molecule has 1 unspecified atom stereocenters. The van der Waals surface area contributed by atoms with Crippen LogP contribution in [0, 0.1) is 0 Å². The zero-order valence-electron chi connectivity index (χ0n) is 11.6. The van der Waals surface area contributed by atoms with E-state index in [1.807, 2.05) is 24.3 Å². The number of aryl methyl sites for hydroxylation is 1. The van der Waals surface area contributed by atoms with E-state index in [0.717, 1.165) is 30.5 Å². The summed E-state index contributed by atoms with van der Waals surface area (Å²) < 4.78 is 0. The molecule has 1 aliphatic heterocycles. The van der Waals surface area contributed by atoms with E-state index in [9.17, 15) is 9.59 Å². The second-order valence-electron chi connectivity index (χ2n) is 5.03. The summed E-state index contributed by atoms with van der Waals surface area (Å²) in [5, 5.41) is 12.0. The van der Waals surface area contributed by atoms with Gasteiger partial charge in [0.05, 0.1) is 0 Å². The number of nitrogens with zero attached hydrogens (tertiary/aromatic N) is 1. The first-order valence-corrected chi connectivity index (χ1v) is 7.01. The molecule has 1 saturated heterocycles. The van der Waals surface area contributed by atoms with Crippen molar-refractivity contribution in [3.05, 3.63) is 29.8 Å². The van der Waals surface area contributed by atoms with Crippen LogP contribution in [-0.4, -0.2) is 34.6 Å². The van der Waals surface area contributed by atoms with Crippen molar-refractivity contribution in [2.45, 2.75) is 38.6 Å². The van der Waals surface area contributed by atoms with Gasteiger partial charge in [0.25, 0.3) is 0 Å². The van der Waals surface area contributed by atoms with E-state index in [4.69, 9.17) is 5.11 Å². The van der Waals surface area contributed by atoms with Crippen molar-refractivity contribution >= 4 is 17.7 Å². The van der Waals surface area contributed by atoms with Gasteiger partial charge in [0, 0.05) is 12.2 Å². The highest BCUT2D eigenvalue weighted by molar-refractivity contribution is 5.93. The topological polar surface area (TPSA) is 69.6 Å². The lowest BCUT2D eigenvalue weighted by Crippen LogP contribution is -2.42. The molecule has 0 spiro atoms. The van der Waals surface area contributed by atoms with Crippen molar-refractivity contribution in [2.24, 2.45) is 0 Å². The standard InChI is InChI=1S/C15H20N2O3/c1-2-6-11-7-3-4-8-12(11)16-15(20)17-10-5-9-13(17)14(18)19/h3-4,7-8,13H,2,5-6,9-10H2,1H3,(H,16,20)(H,18,19). The van der Waals surface area contributed by atoms with Gasteiger partial charge in [0.2, 0.25) is 0 Å². The number of para-hydroxylation sites is 1. The van der Waals surface area contributed by atoms with Crippen LogP contribution in [0.25, 0.3) is 0 Å². The van der Waals surface area contributed by atoms with Gasteiger partial charge in [-0.3, -0.25) is 0 Å². The van der Waals surface area contributed by atoms with Crippen molar-refractivity contribution in [3.8, 4) is 0 Å². The lowest BCUT2D eigenvalue weighted by atomic mass is 10.1. The first kappa shape index (κ1) is 14.4. The van der Waals surface area contributed by atoms with Crippen LogP contribution in [-0.2, 0) is 11.2 Å². The van der Waals surface area contributed by atoms with Crippen LogP contribution >= 0.6 is 0 Å². The van der Waals surface area contributed by atoms with E-state index in [1.165, 1.54) is 4.90 Å². The van der Waals surface area contributed by atoms with Gasteiger partial charge in [0.1, 0.15) is 6.04 Å². The minimum absolute atomic E-state index is 0.321. The Labute approximate surface area is 118 Å². The Hall–Kier alpha value is -2.04. The zero-order chi connectivity index (χ0) is 14.5. The number of anilines is 1. The molecule has 1 aromatic rings. The Morgan fingerprint density at radius 2 is 2.15 bits per heavy atom. The highest BCUT2D eigenvalue weighted by atomic mass is 16.4. The lowest BCUT2D eigenvalue weighted by molar-refractivity contribution is -0.141. The van der Waals surface area contributed by atoms with Gasteiger partial charge in [-0.1, -0.05) is 31.5 Å². The smallest absolute Gasteiger partial charge is 0.326 e. The third kappa shape index (κ3) is 3.10. The van der Waals surface area contributed by atoms with E-state index >= 15 is 0 Å². The summed E-state index contributed by atoms with van der Waals surface area (Å²) in [7, 11) is 0. The first-order valence-electron chi connectivity index (χ1n) is 7.01. The average Bonchev–Trinajstić information content (AvgIpc) is 2.91. The molecule has 20 heavy (non-hydrogen) atoms. The van der Waals surface area contributed by atoms with Crippen molar-refractivity contribution in [1.82, 2.24) is 4.90 Å². The number of likely N-dealkylation sites (tertiary alicyclic amines) is 1. The molecule has 1 heterocycles. The van der Waals surface area contributed by atoms with Crippen LogP contribution in [0.1, 0.15) is 31.7 Å². The number of aliphatic carboxylic acids is 1. The van der Waals surface area contributed by atoms with Gasteiger partial charge in [-0.25, -0.2) is 9.59 Å². The van der Waals surface area contributed by atoms with Crippen LogP contribution < -0.4 is 5.32 Å². The summed E-state index contributed by atoms with van der Waals surface area (Å²) in [5.41, 5.74) is 1.85. The molecule has 1 atom stereocenters. The molecule has 0 aromatic heterocycles. The Morgan fingerprint density at radius 3 is 2.85 bits per heavy atom. The van der Waals surface area contributed by atoms with Gasteiger partial charge >= 0.3 is 12.0 Å². The van der Waals surface area contributed by atoms with Crippen LogP contribution in [0.5, 0.6) is 0 Å².